The molecule has 5 nitrogen and oxygen atoms in total. The lowest BCUT2D eigenvalue weighted by molar-refractivity contribution is 0.102. The van der Waals surface area contributed by atoms with E-state index in [4.69, 9.17) is 9.47 Å². The lowest BCUT2D eigenvalue weighted by atomic mass is 10.1. The van der Waals surface area contributed by atoms with Crippen LogP contribution < -0.4 is 14.8 Å². The smallest absolute Gasteiger partial charge is 0.259 e. The summed E-state index contributed by atoms with van der Waals surface area (Å²) in [7, 11) is 1.49. The molecular weight excluding hydrogens is 270 g/mol. The molecule has 0 aromatic heterocycles. The Hall–Kier alpha value is -2.69. The molecule has 0 heterocycles. The van der Waals surface area contributed by atoms with Crippen molar-refractivity contribution in [2.24, 2.45) is 0 Å². The molecule has 0 atom stereocenters. The summed E-state index contributed by atoms with van der Waals surface area (Å²) in [6, 6.07) is 11.5. The number of amides is 1. The minimum absolute atomic E-state index is 0.127. The van der Waals surface area contributed by atoms with Gasteiger partial charge in [0.15, 0.2) is 0 Å². The number of benzene rings is 2. The largest absolute Gasteiger partial charge is 0.507 e. The Labute approximate surface area is 123 Å². The second-order valence-electron chi connectivity index (χ2n) is 4.29. The Balaban J connectivity index is 2.10. The predicted molar refractivity (Wildman–Crippen MR) is 80.2 cm³/mol. The summed E-state index contributed by atoms with van der Waals surface area (Å²) in [5.41, 5.74) is 0.809. The molecule has 0 unspecified atom stereocenters. The number of methoxy groups -OCH3 is 1. The fourth-order valence-electron chi connectivity index (χ4n) is 1.83. The van der Waals surface area contributed by atoms with Gasteiger partial charge in [0.1, 0.15) is 17.2 Å². The molecule has 0 aliphatic carbocycles. The highest BCUT2D eigenvalue weighted by Gasteiger charge is 2.12. The van der Waals surface area contributed by atoms with Crippen molar-refractivity contribution in [3.8, 4) is 17.2 Å². The molecule has 2 rings (SSSR count). The maximum Gasteiger partial charge on any atom is 0.259 e. The van der Waals surface area contributed by atoms with Crippen molar-refractivity contribution in [3.63, 3.8) is 0 Å². The zero-order valence-corrected chi connectivity index (χ0v) is 11.9. The van der Waals surface area contributed by atoms with Crippen molar-refractivity contribution in [1.29, 1.82) is 0 Å². The zero-order chi connectivity index (χ0) is 15.2. The quantitative estimate of drug-likeness (QED) is 0.887. The van der Waals surface area contributed by atoms with Gasteiger partial charge >= 0.3 is 0 Å². The standard InChI is InChI=1S/C16H17NO4/c1-3-21-12-6-4-11(5-7-12)17-16(19)14-9-8-13(20-2)10-15(14)18/h4-10,18H,3H2,1-2H3,(H,17,19). The van der Waals surface area contributed by atoms with Crippen LogP contribution in [-0.4, -0.2) is 24.7 Å². The van der Waals surface area contributed by atoms with Crippen molar-refractivity contribution >= 4 is 11.6 Å². The van der Waals surface area contributed by atoms with E-state index in [1.54, 1.807) is 30.3 Å². The Morgan fingerprint density at radius 2 is 1.81 bits per heavy atom. The maximum absolute atomic E-state index is 12.1. The summed E-state index contributed by atoms with van der Waals surface area (Å²) in [4.78, 5) is 12.1. The summed E-state index contributed by atoms with van der Waals surface area (Å²) < 4.78 is 10.3. The lowest BCUT2D eigenvalue weighted by Gasteiger charge is -2.09. The third-order valence-electron chi connectivity index (χ3n) is 2.87. The molecule has 0 fully saturated rings. The maximum atomic E-state index is 12.1. The monoisotopic (exact) mass is 287 g/mol. The van der Waals surface area contributed by atoms with Crippen molar-refractivity contribution in [2.45, 2.75) is 6.92 Å². The van der Waals surface area contributed by atoms with Gasteiger partial charge in [-0.15, -0.1) is 0 Å². The first-order valence-corrected chi connectivity index (χ1v) is 6.55. The van der Waals surface area contributed by atoms with Crippen LogP contribution in [0.3, 0.4) is 0 Å². The van der Waals surface area contributed by atoms with Crippen molar-refractivity contribution < 1.29 is 19.4 Å². The molecule has 2 aromatic carbocycles. The number of aromatic hydroxyl groups is 1. The Kier molecular flexibility index (Phi) is 4.66. The molecule has 0 aliphatic rings. The van der Waals surface area contributed by atoms with Gasteiger partial charge < -0.3 is 19.9 Å². The number of hydrogen-bond donors (Lipinski definition) is 2. The molecule has 0 radical (unpaired) electrons. The van der Waals surface area contributed by atoms with Gasteiger partial charge in [0.2, 0.25) is 0 Å². The van der Waals surface area contributed by atoms with Gasteiger partial charge in [0, 0.05) is 11.8 Å². The number of carbonyl (C=O) groups excluding carboxylic acids is 1. The van der Waals surface area contributed by atoms with Gasteiger partial charge in [0.25, 0.3) is 5.91 Å². The van der Waals surface area contributed by atoms with E-state index in [1.807, 2.05) is 6.92 Å². The van der Waals surface area contributed by atoms with E-state index in [0.29, 0.717) is 18.0 Å². The molecule has 110 valence electrons. The van der Waals surface area contributed by atoms with Gasteiger partial charge in [-0.1, -0.05) is 0 Å². The molecule has 0 spiro atoms. The Morgan fingerprint density at radius 1 is 1.14 bits per heavy atom. The second kappa shape index (κ2) is 6.65. The summed E-state index contributed by atoms with van der Waals surface area (Å²) in [6.45, 7) is 2.49. The number of phenolic OH excluding ortho intramolecular Hbond substituents is 1. The number of phenols is 1. The predicted octanol–water partition coefficient (Wildman–Crippen LogP) is 3.05. The van der Waals surface area contributed by atoms with E-state index in [-0.39, 0.29) is 17.2 Å². The van der Waals surface area contributed by atoms with E-state index in [0.717, 1.165) is 5.75 Å². The first kappa shape index (κ1) is 14.7. The minimum Gasteiger partial charge on any atom is -0.507 e. The van der Waals surface area contributed by atoms with Crippen molar-refractivity contribution in [1.82, 2.24) is 0 Å². The van der Waals surface area contributed by atoms with Crippen LogP contribution >= 0.6 is 0 Å². The second-order valence-corrected chi connectivity index (χ2v) is 4.29. The van der Waals surface area contributed by atoms with Gasteiger partial charge in [-0.05, 0) is 43.3 Å². The van der Waals surface area contributed by atoms with Crippen molar-refractivity contribution in [3.05, 3.63) is 48.0 Å². The zero-order valence-electron chi connectivity index (χ0n) is 11.9. The molecule has 0 saturated carbocycles. The topological polar surface area (TPSA) is 67.8 Å². The molecule has 0 saturated heterocycles. The van der Waals surface area contributed by atoms with Gasteiger partial charge in [-0.25, -0.2) is 0 Å². The number of ether oxygens (including phenoxy) is 2. The summed E-state index contributed by atoms with van der Waals surface area (Å²) in [5.74, 6) is 0.713. The average Bonchev–Trinajstić information content (AvgIpc) is 2.49. The molecule has 2 N–H and O–H groups in total. The molecule has 5 heteroatoms. The summed E-state index contributed by atoms with van der Waals surface area (Å²) >= 11 is 0. The molecule has 1 amide bonds. The SMILES string of the molecule is CCOc1ccc(NC(=O)c2ccc(OC)cc2O)cc1. The van der Waals surface area contributed by atoms with E-state index in [2.05, 4.69) is 5.32 Å². The average molecular weight is 287 g/mol. The van der Waals surface area contributed by atoms with Crippen LogP contribution in [0.25, 0.3) is 0 Å². The fourth-order valence-corrected chi connectivity index (χ4v) is 1.83. The normalized spacial score (nSPS) is 10.0. The van der Waals surface area contributed by atoms with E-state index in [9.17, 15) is 9.90 Å². The lowest BCUT2D eigenvalue weighted by Crippen LogP contribution is -2.12. The number of anilines is 1. The van der Waals surface area contributed by atoms with Crippen LogP contribution in [-0.2, 0) is 0 Å². The summed E-state index contributed by atoms with van der Waals surface area (Å²) in [6.07, 6.45) is 0. The van der Waals surface area contributed by atoms with E-state index in [1.165, 1.54) is 19.2 Å². The number of nitrogens with one attached hydrogen (secondary N) is 1. The van der Waals surface area contributed by atoms with Gasteiger partial charge in [-0.3, -0.25) is 4.79 Å². The van der Waals surface area contributed by atoms with Crippen LogP contribution in [0.5, 0.6) is 17.2 Å². The van der Waals surface area contributed by atoms with Crippen molar-refractivity contribution in [2.75, 3.05) is 19.0 Å². The minimum atomic E-state index is -0.390. The molecule has 21 heavy (non-hydrogen) atoms. The third kappa shape index (κ3) is 3.66. The Bertz CT molecular complexity index is 623. The van der Waals surface area contributed by atoms with Crippen LogP contribution in [0.2, 0.25) is 0 Å². The van der Waals surface area contributed by atoms with Crippen LogP contribution in [0.15, 0.2) is 42.5 Å². The number of hydrogen-bond acceptors (Lipinski definition) is 4. The first-order chi connectivity index (χ1) is 10.1. The highest BCUT2D eigenvalue weighted by atomic mass is 16.5. The summed E-state index contributed by atoms with van der Waals surface area (Å²) in [5, 5.41) is 12.5. The van der Waals surface area contributed by atoms with Gasteiger partial charge in [0.05, 0.1) is 19.3 Å². The van der Waals surface area contributed by atoms with Crippen LogP contribution in [0.4, 0.5) is 5.69 Å². The van der Waals surface area contributed by atoms with E-state index < -0.39 is 0 Å². The highest BCUT2D eigenvalue weighted by Crippen LogP contribution is 2.24. The molecule has 0 aliphatic heterocycles. The molecular formula is C16H17NO4. The third-order valence-corrected chi connectivity index (χ3v) is 2.87. The van der Waals surface area contributed by atoms with Gasteiger partial charge in [-0.2, -0.15) is 0 Å². The molecule has 2 aromatic rings. The van der Waals surface area contributed by atoms with Crippen LogP contribution in [0.1, 0.15) is 17.3 Å². The Morgan fingerprint density at radius 3 is 2.38 bits per heavy atom. The highest BCUT2D eigenvalue weighted by molar-refractivity contribution is 6.06. The number of rotatable bonds is 5. The number of carbonyl (C=O) groups is 1. The molecule has 0 bridgehead atoms. The first-order valence-electron chi connectivity index (χ1n) is 6.55. The fraction of sp³-hybridized carbons (Fsp3) is 0.188. The van der Waals surface area contributed by atoms with E-state index >= 15 is 0 Å². The van der Waals surface area contributed by atoms with Crippen LogP contribution in [0, 0.1) is 0 Å².